The molecule has 0 aromatic heterocycles. The highest BCUT2D eigenvalue weighted by atomic mass is 14.4. The van der Waals surface area contributed by atoms with Gasteiger partial charge in [0, 0.05) is 0 Å². The van der Waals surface area contributed by atoms with E-state index in [1.807, 2.05) is 0 Å². The van der Waals surface area contributed by atoms with E-state index in [4.69, 9.17) is 0 Å². The molecule has 2 aliphatic carbocycles. The monoisotopic (exact) mass is 204 g/mol. The average Bonchev–Trinajstić information content (AvgIpc) is 2.17. The Hall–Kier alpha value is -0.520. The summed E-state index contributed by atoms with van der Waals surface area (Å²) >= 11 is 0. The van der Waals surface area contributed by atoms with Crippen molar-refractivity contribution in [2.45, 2.75) is 46.5 Å². The molecule has 0 aromatic rings. The van der Waals surface area contributed by atoms with Crippen LogP contribution in [0.15, 0.2) is 23.8 Å². The van der Waals surface area contributed by atoms with Crippen LogP contribution in [-0.4, -0.2) is 0 Å². The first kappa shape index (κ1) is 11.0. The van der Waals surface area contributed by atoms with E-state index < -0.39 is 0 Å². The van der Waals surface area contributed by atoms with E-state index >= 15 is 0 Å². The van der Waals surface area contributed by atoms with Crippen molar-refractivity contribution in [1.29, 1.82) is 0 Å². The minimum absolute atomic E-state index is 0.827. The predicted molar refractivity (Wildman–Crippen MR) is 66.7 cm³/mol. The van der Waals surface area contributed by atoms with Gasteiger partial charge in [-0.25, -0.2) is 0 Å². The highest BCUT2D eigenvalue weighted by molar-refractivity contribution is 5.17. The fourth-order valence-corrected chi connectivity index (χ4v) is 3.58. The Bertz CT molecular complexity index is 282. The Kier molecular flexibility index (Phi) is 3.04. The fourth-order valence-electron chi connectivity index (χ4n) is 3.58. The zero-order valence-electron chi connectivity index (χ0n) is 10.4. The van der Waals surface area contributed by atoms with Gasteiger partial charge in [0.2, 0.25) is 0 Å². The molecular formula is C15H24. The molecule has 0 bridgehead atoms. The zero-order valence-corrected chi connectivity index (χ0v) is 10.4. The molecule has 15 heavy (non-hydrogen) atoms. The van der Waals surface area contributed by atoms with Crippen LogP contribution in [0.1, 0.15) is 46.5 Å². The molecule has 1 fully saturated rings. The van der Waals surface area contributed by atoms with E-state index in [0.717, 1.165) is 23.7 Å². The fraction of sp³-hybridized carbons (Fsp3) is 0.733. The lowest BCUT2D eigenvalue weighted by atomic mass is 9.62. The normalized spacial score (nSPS) is 36.4. The second-order valence-corrected chi connectivity index (χ2v) is 5.85. The predicted octanol–water partition coefficient (Wildman–Crippen LogP) is 4.58. The van der Waals surface area contributed by atoms with Crippen LogP contribution in [0.2, 0.25) is 0 Å². The second kappa shape index (κ2) is 4.15. The van der Waals surface area contributed by atoms with E-state index in [0.29, 0.717) is 0 Å². The number of hydrogen-bond acceptors (Lipinski definition) is 0. The van der Waals surface area contributed by atoms with Crippen LogP contribution >= 0.6 is 0 Å². The molecule has 0 nitrogen and oxygen atoms in total. The Morgan fingerprint density at radius 1 is 1.40 bits per heavy atom. The van der Waals surface area contributed by atoms with Gasteiger partial charge in [0.15, 0.2) is 0 Å². The van der Waals surface area contributed by atoms with Gasteiger partial charge in [0.05, 0.1) is 0 Å². The summed E-state index contributed by atoms with van der Waals surface area (Å²) in [5, 5.41) is 0. The number of hydrogen-bond donors (Lipinski definition) is 0. The van der Waals surface area contributed by atoms with Crippen LogP contribution in [0.25, 0.3) is 0 Å². The highest BCUT2D eigenvalue weighted by Crippen LogP contribution is 2.47. The first-order valence-electron chi connectivity index (χ1n) is 6.43. The highest BCUT2D eigenvalue weighted by Gasteiger charge is 2.37. The number of allylic oxidation sites excluding steroid dienone is 3. The molecule has 0 amide bonds. The summed E-state index contributed by atoms with van der Waals surface area (Å²) in [5.74, 6) is 3.50. The van der Waals surface area contributed by atoms with E-state index in [2.05, 4.69) is 33.4 Å². The molecule has 2 rings (SSSR count). The molecule has 0 aromatic carbocycles. The minimum Gasteiger partial charge on any atom is -0.0999 e. The van der Waals surface area contributed by atoms with Gasteiger partial charge < -0.3 is 0 Å². The number of rotatable bonds is 1. The summed E-state index contributed by atoms with van der Waals surface area (Å²) in [6.45, 7) is 11.3. The molecule has 0 heterocycles. The molecule has 0 N–H and O–H groups in total. The molecule has 3 atom stereocenters. The van der Waals surface area contributed by atoms with Crippen molar-refractivity contribution in [1.82, 2.24) is 0 Å². The molecule has 3 unspecified atom stereocenters. The zero-order chi connectivity index (χ0) is 11.0. The second-order valence-electron chi connectivity index (χ2n) is 5.85. The SMILES string of the molecule is C=C1CCC2C(C)=CCC(C(C)C)C2C1. The molecule has 2 aliphatic rings. The lowest BCUT2D eigenvalue weighted by molar-refractivity contribution is 0.158. The first-order valence-corrected chi connectivity index (χ1v) is 6.43. The van der Waals surface area contributed by atoms with Crippen molar-refractivity contribution in [3.05, 3.63) is 23.8 Å². The minimum atomic E-state index is 0.827. The third-order valence-electron chi connectivity index (χ3n) is 4.55. The van der Waals surface area contributed by atoms with Crippen molar-refractivity contribution >= 4 is 0 Å². The van der Waals surface area contributed by atoms with Gasteiger partial charge >= 0.3 is 0 Å². The molecule has 0 radical (unpaired) electrons. The molecule has 84 valence electrons. The Morgan fingerprint density at radius 3 is 2.80 bits per heavy atom. The lowest BCUT2D eigenvalue weighted by Gasteiger charge is -2.43. The lowest BCUT2D eigenvalue weighted by Crippen LogP contribution is -2.33. The van der Waals surface area contributed by atoms with Gasteiger partial charge in [-0.2, -0.15) is 0 Å². The van der Waals surface area contributed by atoms with Gasteiger partial charge in [-0.3, -0.25) is 0 Å². The first-order chi connectivity index (χ1) is 7.09. The van der Waals surface area contributed by atoms with Crippen LogP contribution in [0.5, 0.6) is 0 Å². The summed E-state index contributed by atoms with van der Waals surface area (Å²) in [6, 6.07) is 0. The van der Waals surface area contributed by atoms with Crippen molar-refractivity contribution in [3.63, 3.8) is 0 Å². The summed E-state index contributed by atoms with van der Waals surface area (Å²) < 4.78 is 0. The maximum Gasteiger partial charge on any atom is -0.0169 e. The Morgan fingerprint density at radius 2 is 2.13 bits per heavy atom. The van der Waals surface area contributed by atoms with Crippen molar-refractivity contribution < 1.29 is 0 Å². The Balaban J connectivity index is 2.21. The molecule has 1 saturated carbocycles. The third-order valence-corrected chi connectivity index (χ3v) is 4.55. The summed E-state index contributed by atoms with van der Waals surface area (Å²) in [7, 11) is 0. The van der Waals surface area contributed by atoms with Gasteiger partial charge in [0.25, 0.3) is 0 Å². The molecular weight excluding hydrogens is 180 g/mol. The molecule has 0 heteroatoms. The van der Waals surface area contributed by atoms with E-state index in [1.165, 1.54) is 31.3 Å². The van der Waals surface area contributed by atoms with Crippen molar-refractivity contribution in [2.75, 3.05) is 0 Å². The average molecular weight is 204 g/mol. The summed E-state index contributed by atoms with van der Waals surface area (Å²) in [6.07, 6.45) is 7.71. The largest absolute Gasteiger partial charge is 0.0999 e. The number of fused-ring (bicyclic) bond motifs is 1. The van der Waals surface area contributed by atoms with Crippen LogP contribution in [0.3, 0.4) is 0 Å². The van der Waals surface area contributed by atoms with E-state index in [1.54, 1.807) is 5.57 Å². The maximum atomic E-state index is 4.20. The van der Waals surface area contributed by atoms with Gasteiger partial charge in [-0.05, 0) is 56.3 Å². The third kappa shape index (κ3) is 2.04. The summed E-state index contributed by atoms with van der Waals surface area (Å²) in [5.41, 5.74) is 3.15. The van der Waals surface area contributed by atoms with Crippen LogP contribution < -0.4 is 0 Å². The quantitative estimate of drug-likeness (QED) is 0.548. The topological polar surface area (TPSA) is 0 Å². The standard InChI is InChI=1S/C15H24/c1-10(2)13-8-6-12(4)14-7-5-11(3)9-15(13)14/h6,10,13-15H,3,5,7-9H2,1-2,4H3. The molecule has 0 saturated heterocycles. The van der Waals surface area contributed by atoms with Crippen molar-refractivity contribution in [3.8, 4) is 0 Å². The van der Waals surface area contributed by atoms with Gasteiger partial charge in [-0.15, -0.1) is 0 Å². The molecule has 0 spiro atoms. The summed E-state index contributed by atoms with van der Waals surface area (Å²) in [4.78, 5) is 0. The van der Waals surface area contributed by atoms with Gasteiger partial charge in [0.1, 0.15) is 0 Å². The van der Waals surface area contributed by atoms with Crippen LogP contribution in [0, 0.1) is 23.7 Å². The van der Waals surface area contributed by atoms with Crippen molar-refractivity contribution in [2.24, 2.45) is 23.7 Å². The van der Waals surface area contributed by atoms with Gasteiger partial charge in [-0.1, -0.05) is 37.6 Å². The van der Waals surface area contributed by atoms with Crippen LogP contribution in [0.4, 0.5) is 0 Å². The maximum absolute atomic E-state index is 4.20. The Labute approximate surface area is 94.5 Å². The van der Waals surface area contributed by atoms with E-state index in [9.17, 15) is 0 Å². The van der Waals surface area contributed by atoms with E-state index in [-0.39, 0.29) is 0 Å². The molecule has 0 aliphatic heterocycles. The smallest absolute Gasteiger partial charge is 0.0169 e. The van der Waals surface area contributed by atoms with Crippen LogP contribution in [-0.2, 0) is 0 Å².